The summed E-state index contributed by atoms with van der Waals surface area (Å²) in [6, 6.07) is 0.733. The van der Waals surface area contributed by atoms with Crippen molar-refractivity contribution in [2.75, 3.05) is 40.8 Å². The summed E-state index contributed by atoms with van der Waals surface area (Å²) in [4.78, 5) is 4.95. The molecule has 15 heavy (non-hydrogen) atoms. The maximum atomic E-state index is 3.37. The highest BCUT2D eigenvalue weighted by Crippen LogP contribution is 2.15. The highest BCUT2D eigenvalue weighted by molar-refractivity contribution is 4.84. The molecule has 0 spiro atoms. The molecule has 0 saturated carbocycles. The van der Waals surface area contributed by atoms with E-state index in [1.807, 2.05) is 7.05 Å². The highest BCUT2D eigenvalue weighted by Gasteiger charge is 2.25. The lowest BCUT2D eigenvalue weighted by Crippen LogP contribution is -2.52. The van der Waals surface area contributed by atoms with Crippen LogP contribution < -0.4 is 5.32 Å². The van der Waals surface area contributed by atoms with Crippen LogP contribution in [0.4, 0.5) is 0 Å². The van der Waals surface area contributed by atoms with Gasteiger partial charge in [-0.15, -0.1) is 0 Å². The topological polar surface area (TPSA) is 18.5 Å². The van der Waals surface area contributed by atoms with Gasteiger partial charge in [-0.2, -0.15) is 0 Å². The first-order chi connectivity index (χ1) is 6.94. The molecule has 0 aliphatic carbocycles. The van der Waals surface area contributed by atoms with Crippen molar-refractivity contribution in [3.8, 4) is 0 Å². The fraction of sp³-hybridized carbons (Fsp3) is 1.00. The van der Waals surface area contributed by atoms with Crippen LogP contribution >= 0.6 is 0 Å². The van der Waals surface area contributed by atoms with Gasteiger partial charge in [-0.3, -0.25) is 0 Å². The first-order valence-corrected chi connectivity index (χ1v) is 6.02. The Hall–Kier alpha value is -0.120. The van der Waals surface area contributed by atoms with Crippen molar-refractivity contribution in [2.45, 2.75) is 38.3 Å². The Labute approximate surface area is 94.8 Å². The number of nitrogens with one attached hydrogen (secondary N) is 1. The molecule has 0 aromatic rings. The molecule has 1 aliphatic rings. The molecule has 1 saturated heterocycles. The van der Waals surface area contributed by atoms with Crippen LogP contribution in [0, 0.1) is 0 Å². The third kappa shape index (κ3) is 4.09. The maximum absolute atomic E-state index is 3.37. The Morgan fingerprint density at radius 3 is 2.67 bits per heavy atom. The molecular weight excluding hydrogens is 186 g/mol. The van der Waals surface area contributed by atoms with Crippen molar-refractivity contribution in [2.24, 2.45) is 0 Å². The van der Waals surface area contributed by atoms with Crippen LogP contribution in [-0.4, -0.2) is 62.2 Å². The van der Waals surface area contributed by atoms with Crippen molar-refractivity contribution in [3.05, 3.63) is 0 Å². The summed E-state index contributed by atoms with van der Waals surface area (Å²) in [6.07, 6.45) is 2.69. The zero-order valence-corrected chi connectivity index (χ0v) is 11.0. The quantitative estimate of drug-likeness (QED) is 0.752. The number of piperidine rings is 1. The van der Waals surface area contributed by atoms with Crippen LogP contribution in [-0.2, 0) is 0 Å². The molecule has 0 aromatic heterocycles. The molecule has 0 amide bonds. The minimum absolute atomic E-state index is 0.213. The number of hydrogen-bond donors (Lipinski definition) is 1. The van der Waals surface area contributed by atoms with E-state index in [1.165, 1.54) is 25.9 Å². The molecule has 1 rings (SSSR count). The number of nitrogens with zero attached hydrogens (tertiary/aromatic N) is 2. The van der Waals surface area contributed by atoms with E-state index in [0.29, 0.717) is 0 Å². The molecule has 90 valence electrons. The average molecular weight is 213 g/mol. The van der Waals surface area contributed by atoms with Crippen molar-refractivity contribution in [3.63, 3.8) is 0 Å². The van der Waals surface area contributed by atoms with E-state index < -0.39 is 0 Å². The SMILES string of the molecule is CNC(C)(C)CN(C)C1CCCN(C)C1. The first-order valence-electron chi connectivity index (χ1n) is 6.02. The summed E-state index contributed by atoms with van der Waals surface area (Å²) in [6.45, 7) is 8.12. The molecule has 1 heterocycles. The van der Waals surface area contributed by atoms with Crippen LogP contribution in [0.5, 0.6) is 0 Å². The lowest BCUT2D eigenvalue weighted by atomic mass is 10.0. The highest BCUT2D eigenvalue weighted by atomic mass is 15.2. The van der Waals surface area contributed by atoms with Gasteiger partial charge in [0.05, 0.1) is 0 Å². The van der Waals surface area contributed by atoms with Crippen molar-refractivity contribution >= 4 is 0 Å². The molecular formula is C12H27N3. The zero-order valence-electron chi connectivity index (χ0n) is 11.0. The molecule has 0 bridgehead atoms. The van der Waals surface area contributed by atoms with Gasteiger partial charge >= 0.3 is 0 Å². The molecule has 1 N–H and O–H groups in total. The minimum atomic E-state index is 0.213. The summed E-state index contributed by atoms with van der Waals surface area (Å²) in [7, 11) is 6.52. The largest absolute Gasteiger partial charge is 0.314 e. The normalized spacial score (nSPS) is 24.8. The first kappa shape index (κ1) is 12.9. The van der Waals surface area contributed by atoms with Gasteiger partial charge in [0.2, 0.25) is 0 Å². The summed E-state index contributed by atoms with van der Waals surface area (Å²) >= 11 is 0. The van der Waals surface area contributed by atoms with Gasteiger partial charge in [0, 0.05) is 24.7 Å². The van der Waals surface area contributed by atoms with Gasteiger partial charge in [0.25, 0.3) is 0 Å². The van der Waals surface area contributed by atoms with Crippen molar-refractivity contribution in [1.29, 1.82) is 0 Å². The Morgan fingerprint density at radius 1 is 1.47 bits per heavy atom. The second-order valence-electron chi connectivity index (χ2n) is 5.61. The van der Waals surface area contributed by atoms with Crippen molar-refractivity contribution in [1.82, 2.24) is 15.1 Å². The van der Waals surface area contributed by atoms with E-state index in [-0.39, 0.29) is 5.54 Å². The van der Waals surface area contributed by atoms with E-state index in [4.69, 9.17) is 0 Å². The minimum Gasteiger partial charge on any atom is -0.314 e. The van der Waals surface area contributed by atoms with E-state index in [9.17, 15) is 0 Å². The Morgan fingerprint density at radius 2 is 2.13 bits per heavy atom. The van der Waals surface area contributed by atoms with Gasteiger partial charge in [0.1, 0.15) is 0 Å². The predicted octanol–water partition coefficient (Wildman–Crippen LogP) is 1.01. The van der Waals surface area contributed by atoms with Gasteiger partial charge in [-0.25, -0.2) is 0 Å². The molecule has 3 heteroatoms. The summed E-state index contributed by atoms with van der Waals surface area (Å²) in [5, 5.41) is 3.37. The Kier molecular flexibility index (Phi) is 4.56. The molecule has 3 nitrogen and oxygen atoms in total. The van der Waals surface area contributed by atoms with Gasteiger partial charge in [-0.1, -0.05) is 0 Å². The predicted molar refractivity (Wildman–Crippen MR) is 66.3 cm³/mol. The molecule has 0 radical (unpaired) electrons. The Bertz CT molecular complexity index is 191. The van der Waals surface area contributed by atoms with Gasteiger partial charge < -0.3 is 15.1 Å². The van der Waals surface area contributed by atoms with Crippen LogP contribution in [0.2, 0.25) is 0 Å². The summed E-state index contributed by atoms with van der Waals surface area (Å²) in [5.41, 5.74) is 0.213. The summed E-state index contributed by atoms with van der Waals surface area (Å²) < 4.78 is 0. The monoisotopic (exact) mass is 213 g/mol. The third-order valence-corrected chi connectivity index (χ3v) is 3.54. The Balaban J connectivity index is 2.42. The van der Waals surface area contributed by atoms with E-state index in [2.05, 4.69) is 43.1 Å². The van der Waals surface area contributed by atoms with E-state index in [1.54, 1.807) is 0 Å². The van der Waals surface area contributed by atoms with Crippen LogP contribution in [0.15, 0.2) is 0 Å². The number of hydrogen-bond acceptors (Lipinski definition) is 3. The molecule has 0 aromatic carbocycles. The number of likely N-dealkylation sites (N-methyl/N-ethyl adjacent to an activating group) is 3. The molecule has 1 aliphatic heterocycles. The lowest BCUT2D eigenvalue weighted by Gasteiger charge is -2.39. The van der Waals surface area contributed by atoms with E-state index >= 15 is 0 Å². The molecule has 1 unspecified atom stereocenters. The van der Waals surface area contributed by atoms with Crippen LogP contribution in [0.3, 0.4) is 0 Å². The van der Waals surface area contributed by atoms with Crippen LogP contribution in [0.25, 0.3) is 0 Å². The average Bonchev–Trinajstić information content (AvgIpc) is 2.17. The lowest BCUT2D eigenvalue weighted by molar-refractivity contribution is 0.112. The standard InChI is InChI=1S/C12H27N3/c1-12(2,13-3)10-15(5)11-7-6-8-14(4)9-11/h11,13H,6-10H2,1-5H3. The zero-order chi connectivity index (χ0) is 11.5. The molecule has 1 atom stereocenters. The maximum Gasteiger partial charge on any atom is 0.0249 e. The van der Waals surface area contributed by atoms with E-state index in [0.717, 1.165) is 12.6 Å². The van der Waals surface area contributed by atoms with Gasteiger partial charge in [0.15, 0.2) is 0 Å². The number of rotatable bonds is 4. The smallest absolute Gasteiger partial charge is 0.0249 e. The number of likely N-dealkylation sites (tertiary alicyclic amines) is 1. The molecule has 1 fully saturated rings. The fourth-order valence-electron chi connectivity index (χ4n) is 2.33. The van der Waals surface area contributed by atoms with Crippen molar-refractivity contribution < 1.29 is 0 Å². The summed E-state index contributed by atoms with van der Waals surface area (Å²) in [5.74, 6) is 0. The third-order valence-electron chi connectivity index (χ3n) is 3.54. The second-order valence-corrected chi connectivity index (χ2v) is 5.61. The fourth-order valence-corrected chi connectivity index (χ4v) is 2.33. The van der Waals surface area contributed by atoms with Crippen LogP contribution in [0.1, 0.15) is 26.7 Å². The van der Waals surface area contributed by atoms with Gasteiger partial charge in [-0.05, 0) is 54.4 Å². The second kappa shape index (κ2) is 5.28.